The highest BCUT2D eigenvalue weighted by atomic mass is 15.2. The zero-order valence-electron chi connectivity index (χ0n) is 56.9. The minimum atomic E-state index is -0.237. The van der Waals surface area contributed by atoms with E-state index < -0.39 is 0 Å². The third-order valence-electron chi connectivity index (χ3n) is 21.0. The molecule has 3 nitrogen and oxygen atoms in total. The molecule has 448 valence electrons. The number of benzene rings is 9. The molecule has 0 aromatic heterocycles. The monoisotopic (exact) mass is 1160 g/mol. The lowest BCUT2D eigenvalue weighted by Crippen LogP contribution is -2.61. The third-order valence-corrected chi connectivity index (χ3v) is 21.0. The Bertz CT molecular complexity index is 4220. The highest BCUT2D eigenvalue weighted by molar-refractivity contribution is 7.00. The zero-order chi connectivity index (χ0) is 63.0. The van der Waals surface area contributed by atoms with Gasteiger partial charge in [-0.1, -0.05) is 242 Å². The van der Waals surface area contributed by atoms with Crippen LogP contribution in [0.5, 0.6) is 0 Å². The number of anilines is 9. The highest BCUT2D eigenvalue weighted by Crippen LogP contribution is 2.57. The van der Waals surface area contributed by atoms with E-state index in [9.17, 15) is 0 Å². The van der Waals surface area contributed by atoms with Crippen molar-refractivity contribution in [3.8, 4) is 11.1 Å². The summed E-state index contributed by atoms with van der Waals surface area (Å²) >= 11 is 0. The second-order valence-corrected chi connectivity index (χ2v) is 33.2. The summed E-state index contributed by atoms with van der Waals surface area (Å²) in [5.41, 5.74) is 31.6. The van der Waals surface area contributed by atoms with E-state index in [0.29, 0.717) is 0 Å². The summed E-state index contributed by atoms with van der Waals surface area (Å²) < 4.78 is 0. The molecule has 0 unspecified atom stereocenters. The number of hydrogen-bond acceptors (Lipinski definition) is 3. The van der Waals surface area contributed by atoms with Gasteiger partial charge >= 0.3 is 0 Å². The Morgan fingerprint density at radius 1 is 0.352 bits per heavy atom. The summed E-state index contributed by atoms with van der Waals surface area (Å²) in [6.07, 6.45) is 1.08. The second kappa shape index (κ2) is 19.7. The van der Waals surface area contributed by atoms with Gasteiger partial charge in [-0.25, -0.2) is 0 Å². The second-order valence-electron chi connectivity index (χ2n) is 33.2. The van der Waals surface area contributed by atoms with E-state index in [1.807, 2.05) is 0 Å². The van der Waals surface area contributed by atoms with Crippen molar-refractivity contribution >= 4 is 74.3 Å². The van der Waals surface area contributed by atoms with E-state index in [4.69, 9.17) is 0 Å². The topological polar surface area (TPSA) is 9.72 Å². The zero-order valence-corrected chi connectivity index (χ0v) is 56.9. The van der Waals surface area contributed by atoms with Crippen molar-refractivity contribution in [2.24, 2.45) is 0 Å². The van der Waals surface area contributed by atoms with Crippen molar-refractivity contribution in [3.05, 3.63) is 237 Å². The molecule has 0 saturated heterocycles. The Kier molecular flexibility index (Phi) is 13.3. The Labute approximate surface area is 529 Å². The molecular weight excluding hydrogens is 1060 g/mol. The van der Waals surface area contributed by atoms with E-state index in [-0.39, 0.29) is 50.0 Å². The molecule has 4 aliphatic rings. The maximum atomic E-state index is 2.75. The Morgan fingerprint density at radius 3 is 1.32 bits per heavy atom. The highest BCUT2D eigenvalue weighted by Gasteiger charge is 2.50. The fraction of sp³-hybridized carbons (Fsp3) is 0.357. The van der Waals surface area contributed by atoms with Crippen molar-refractivity contribution in [1.29, 1.82) is 0 Å². The molecule has 9 aromatic carbocycles. The van der Waals surface area contributed by atoms with Crippen LogP contribution in [-0.2, 0) is 43.3 Å². The van der Waals surface area contributed by atoms with Crippen LogP contribution in [0.4, 0.5) is 51.2 Å². The van der Waals surface area contributed by atoms with E-state index in [0.717, 1.165) is 23.5 Å². The van der Waals surface area contributed by atoms with Crippen molar-refractivity contribution in [1.82, 2.24) is 0 Å². The van der Waals surface area contributed by atoms with Crippen LogP contribution in [0.3, 0.4) is 0 Å². The number of rotatable bonds is 6. The number of fused-ring (bicyclic) bond motifs is 7. The van der Waals surface area contributed by atoms with Crippen molar-refractivity contribution in [2.45, 2.75) is 195 Å². The molecule has 0 bridgehead atoms. The van der Waals surface area contributed by atoms with Gasteiger partial charge in [0.15, 0.2) is 0 Å². The molecule has 0 radical (unpaired) electrons. The first-order chi connectivity index (χ1) is 41.1. The van der Waals surface area contributed by atoms with Crippen LogP contribution in [0.2, 0.25) is 0 Å². The summed E-state index contributed by atoms with van der Waals surface area (Å²) in [5.74, 6) is 0. The van der Waals surface area contributed by atoms with Crippen LogP contribution in [-0.4, -0.2) is 6.71 Å². The minimum absolute atomic E-state index is 0.0104. The normalized spacial score (nSPS) is 16.7. The molecule has 2 aliphatic heterocycles. The van der Waals surface area contributed by atoms with Gasteiger partial charge in [0, 0.05) is 61.9 Å². The summed E-state index contributed by atoms with van der Waals surface area (Å²) in [5, 5.41) is 0. The molecule has 4 heteroatoms. The SMILES string of the molecule is Cc1cc2c(cc1N1c3cc4c(cc3B3c5ccc(N(c6ccc(C(C)(C)C)cc6)c6ccc(C(C)(C)C)cc6)cc5N(c5ccc(C(C)(C)C)cc5-c5ccccc5)c5cc(C(C)(C)C)cc1c53)C(C)(C)CC4(C)C)C(C)(C)c1ccccc1C2(C)C. The van der Waals surface area contributed by atoms with Gasteiger partial charge in [-0.2, -0.15) is 0 Å². The average molecular weight is 1160 g/mol. The Morgan fingerprint density at radius 2 is 0.795 bits per heavy atom. The maximum Gasteiger partial charge on any atom is 0.252 e. The standard InChI is InChI=1S/C84H94BN3/c1-52-43-66-67(84(20,21)63-30-26-25-29-62(63)83(66,18)19)50-71(52)88-73-49-65-64(81(14,15)51-82(65,16)17)48-69(73)85-68-41-40-60(86(58-36-31-54(32-37-58)77(2,3)4)59-38-33-55(34-39-59)78(5,6)7)47-72(68)87(74-45-57(80(11,12)13)46-75(88)76(74)85)70-42-35-56(79(8,9)10)44-61(70)53-27-23-22-24-28-53/h22-50H,51H2,1-21H3. The Balaban J connectivity index is 1.16. The van der Waals surface area contributed by atoms with Gasteiger partial charge < -0.3 is 14.7 Å². The van der Waals surface area contributed by atoms with Crippen LogP contribution < -0.4 is 31.1 Å². The molecular formula is C84H94BN3. The number of nitrogens with zero attached hydrogens (tertiary/aromatic N) is 3. The van der Waals surface area contributed by atoms with Gasteiger partial charge in [0.05, 0.1) is 5.69 Å². The van der Waals surface area contributed by atoms with Crippen LogP contribution in [0.15, 0.2) is 176 Å². The summed E-state index contributed by atoms with van der Waals surface area (Å²) in [4.78, 5) is 7.95. The lowest BCUT2D eigenvalue weighted by atomic mass is 9.33. The summed E-state index contributed by atoms with van der Waals surface area (Å²) in [6, 6.07) is 69.7. The van der Waals surface area contributed by atoms with Gasteiger partial charge in [-0.3, -0.25) is 0 Å². The molecule has 0 atom stereocenters. The molecule has 2 heterocycles. The summed E-state index contributed by atoms with van der Waals surface area (Å²) in [6.45, 7) is 50.2. The first-order valence-electron chi connectivity index (χ1n) is 32.7. The molecule has 0 spiro atoms. The van der Waals surface area contributed by atoms with Gasteiger partial charge in [0.2, 0.25) is 0 Å². The lowest BCUT2D eigenvalue weighted by Gasteiger charge is -2.47. The van der Waals surface area contributed by atoms with E-state index in [1.54, 1.807) is 0 Å². The smallest absolute Gasteiger partial charge is 0.252 e. The van der Waals surface area contributed by atoms with Crippen LogP contribution in [0.25, 0.3) is 11.1 Å². The van der Waals surface area contributed by atoms with Crippen LogP contribution >= 0.6 is 0 Å². The third kappa shape index (κ3) is 9.42. The first kappa shape index (κ1) is 59.4. The summed E-state index contributed by atoms with van der Waals surface area (Å²) in [7, 11) is 0. The predicted molar refractivity (Wildman–Crippen MR) is 381 cm³/mol. The molecule has 9 aromatic rings. The van der Waals surface area contributed by atoms with Crippen LogP contribution in [0.1, 0.15) is 206 Å². The van der Waals surface area contributed by atoms with Crippen molar-refractivity contribution in [3.63, 3.8) is 0 Å². The molecule has 0 fully saturated rings. The fourth-order valence-corrected chi connectivity index (χ4v) is 16.1. The average Bonchev–Trinajstić information content (AvgIpc) is 0.907. The van der Waals surface area contributed by atoms with Crippen LogP contribution in [0, 0.1) is 6.92 Å². The fourth-order valence-electron chi connectivity index (χ4n) is 16.1. The maximum absolute atomic E-state index is 2.75. The largest absolute Gasteiger partial charge is 0.311 e. The van der Waals surface area contributed by atoms with Gasteiger partial charge in [0.25, 0.3) is 6.71 Å². The molecule has 2 aliphatic carbocycles. The molecule has 13 rings (SSSR count). The Hall–Kier alpha value is -7.56. The predicted octanol–water partition coefficient (Wildman–Crippen LogP) is 21.3. The number of hydrogen-bond donors (Lipinski definition) is 0. The molecule has 88 heavy (non-hydrogen) atoms. The van der Waals surface area contributed by atoms with Gasteiger partial charge in [-0.05, 0) is 202 Å². The first-order valence-corrected chi connectivity index (χ1v) is 32.7. The van der Waals surface area contributed by atoms with E-state index in [1.165, 1.54) is 123 Å². The van der Waals surface area contributed by atoms with E-state index in [2.05, 4.69) is 336 Å². The van der Waals surface area contributed by atoms with Gasteiger partial charge in [0.1, 0.15) is 0 Å². The van der Waals surface area contributed by atoms with E-state index >= 15 is 0 Å². The minimum Gasteiger partial charge on any atom is -0.311 e. The molecule has 0 amide bonds. The molecule has 0 saturated carbocycles. The van der Waals surface area contributed by atoms with Crippen molar-refractivity contribution < 1.29 is 0 Å². The van der Waals surface area contributed by atoms with Gasteiger partial charge in [-0.15, -0.1) is 0 Å². The lowest BCUT2D eigenvalue weighted by molar-refractivity contribution is 0.403. The quantitative estimate of drug-likeness (QED) is 0.154. The molecule has 0 N–H and O–H groups in total. The number of aryl methyl sites for hydroxylation is 1. The van der Waals surface area contributed by atoms with Crippen molar-refractivity contribution in [2.75, 3.05) is 14.7 Å².